The number of carbonyl (C=O) groups is 2. The van der Waals surface area contributed by atoms with Crippen LogP contribution in [0.25, 0.3) is 0 Å². The van der Waals surface area contributed by atoms with E-state index < -0.39 is 29.9 Å². The van der Waals surface area contributed by atoms with Gasteiger partial charge in [0.15, 0.2) is 0 Å². The van der Waals surface area contributed by atoms with Crippen LogP contribution in [0.2, 0.25) is 0 Å². The number of hydrogen-bond donors (Lipinski definition) is 3. The van der Waals surface area contributed by atoms with Gasteiger partial charge in [-0.15, -0.1) is 0 Å². The van der Waals surface area contributed by atoms with Crippen LogP contribution in [0.4, 0.5) is 9.18 Å². The highest BCUT2D eigenvalue weighted by molar-refractivity contribution is 5.82. The van der Waals surface area contributed by atoms with Gasteiger partial charge in [0.2, 0.25) is 0 Å². The van der Waals surface area contributed by atoms with E-state index in [0.717, 1.165) is 0 Å². The zero-order chi connectivity index (χ0) is 16.0. The second-order valence-electron chi connectivity index (χ2n) is 5.06. The molecule has 0 aromatic heterocycles. The molecule has 0 aliphatic heterocycles. The Labute approximate surface area is 123 Å². The lowest BCUT2D eigenvalue weighted by Gasteiger charge is -2.22. The fraction of sp³-hybridized carbons (Fsp3) is 0.467. The molecule has 1 unspecified atom stereocenters. The molecule has 6 heteroatoms. The predicted octanol–water partition coefficient (Wildman–Crippen LogP) is 2.69. The number of amides is 2. The molecule has 0 heterocycles. The highest BCUT2D eigenvalue weighted by Crippen LogP contribution is 2.16. The van der Waals surface area contributed by atoms with Gasteiger partial charge < -0.3 is 15.7 Å². The molecule has 116 valence electrons. The molecule has 0 saturated heterocycles. The van der Waals surface area contributed by atoms with Gasteiger partial charge in [-0.25, -0.2) is 14.0 Å². The fourth-order valence-corrected chi connectivity index (χ4v) is 1.97. The number of carboxylic acids is 1. The summed E-state index contributed by atoms with van der Waals surface area (Å²) in [6, 6.07) is 3.97. The van der Waals surface area contributed by atoms with Crippen molar-refractivity contribution in [3.05, 3.63) is 35.6 Å². The summed E-state index contributed by atoms with van der Waals surface area (Å²) in [6.45, 7) is 5.23. The number of benzene rings is 1. The average molecular weight is 296 g/mol. The molecule has 3 atom stereocenters. The van der Waals surface area contributed by atoms with E-state index in [1.54, 1.807) is 32.0 Å². The van der Waals surface area contributed by atoms with Crippen molar-refractivity contribution in [2.75, 3.05) is 0 Å². The van der Waals surface area contributed by atoms with Crippen LogP contribution in [0.5, 0.6) is 0 Å². The van der Waals surface area contributed by atoms with Gasteiger partial charge in [0.25, 0.3) is 0 Å². The van der Waals surface area contributed by atoms with Crippen molar-refractivity contribution in [3.8, 4) is 0 Å². The van der Waals surface area contributed by atoms with E-state index >= 15 is 0 Å². The molecular formula is C15H21FN2O3. The Bertz CT molecular complexity index is 507. The van der Waals surface area contributed by atoms with Crippen molar-refractivity contribution in [2.24, 2.45) is 5.92 Å². The number of halogens is 1. The van der Waals surface area contributed by atoms with Gasteiger partial charge in [-0.2, -0.15) is 0 Å². The Balaban J connectivity index is 2.68. The van der Waals surface area contributed by atoms with E-state index in [9.17, 15) is 14.0 Å². The molecule has 0 spiro atoms. The zero-order valence-electron chi connectivity index (χ0n) is 12.4. The largest absolute Gasteiger partial charge is 0.480 e. The van der Waals surface area contributed by atoms with E-state index in [1.165, 1.54) is 6.07 Å². The summed E-state index contributed by atoms with van der Waals surface area (Å²) in [7, 11) is 0. The van der Waals surface area contributed by atoms with E-state index in [4.69, 9.17) is 5.11 Å². The van der Waals surface area contributed by atoms with E-state index in [1.807, 2.05) is 6.92 Å². The third kappa shape index (κ3) is 4.73. The Morgan fingerprint density at radius 1 is 1.24 bits per heavy atom. The molecule has 0 radical (unpaired) electrons. The van der Waals surface area contributed by atoms with Crippen LogP contribution in [-0.2, 0) is 4.79 Å². The van der Waals surface area contributed by atoms with Crippen LogP contribution in [0, 0.1) is 11.7 Å². The minimum absolute atomic E-state index is 0.197. The number of hydrogen-bond acceptors (Lipinski definition) is 2. The number of carboxylic acid groups (broad SMARTS) is 1. The molecular weight excluding hydrogens is 275 g/mol. The Hall–Kier alpha value is -2.11. The van der Waals surface area contributed by atoms with Crippen LogP contribution in [-0.4, -0.2) is 23.1 Å². The topological polar surface area (TPSA) is 78.4 Å². The first-order chi connectivity index (χ1) is 9.86. The Morgan fingerprint density at radius 3 is 2.38 bits per heavy atom. The minimum Gasteiger partial charge on any atom is -0.480 e. The van der Waals surface area contributed by atoms with Crippen LogP contribution in [0.3, 0.4) is 0 Å². The fourth-order valence-electron chi connectivity index (χ4n) is 1.97. The number of carbonyl (C=O) groups excluding carboxylic acids is 1. The van der Waals surface area contributed by atoms with Gasteiger partial charge in [0, 0.05) is 5.56 Å². The molecule has 1 aromatic carbocycles. The number of urea groups is 1. The van der Waals surface area contributed by atoms with Crippen molar-refractivity contribution in [3.63, 3.8) is 0 Å². The summed E-state index contributed by atoms with van der Waals surface area (Å²) < 4.78 is 13.6. The summed E-state index contributed by atoms with van der Waals surface area (Å²) >= 11 is 0. The number of aliphatic carboxylic acids is 1. The average Bonchev–Trinajstić information content (AvgIpc) is 2.44. The minimum atomic E-state index is -1.09. The SMILES string of the molecule is CC[C@H](C)[C@H](NC(=O)NC(C)c1ccccc1F)C(=O)O. The third-order valence-corrected chi connectivity index (χ3v) is 3.48. The summed E-state index contributed by atoms with van der Waals surface area (Å²) in [4.78, 5) is 23.0. The molecule has 5 nitrogen and oxygen atoms in total. The molecule has 1 aromatic rings. The Morgan fingerprint density at radius 2 is 1.86 bits per heavy atom. The van der Waals surface area contributed by atoms with Gasteiger partial charge in [-0.05, 0) is 18.9 Å². The maximum absolute atomic E-state index is 13.6. The van der Waals surface area contributed by atoms with E-state index in [0.29, 0.717) is 12.0 Å². The molecule has 0 bridgehead atoms. The highest BCUT2D eigenvalue weighted by atomic mass is 19.1. The quantitative estimate of drug-likeness (QED) is 0.755. The second-order valence-corrected chi connectivity index (χ2v) is 5.06. The van der Waals surface area contributed by atoms with Gasteiger partial charge in [0.1, 0.15) is 11.9 Å². The molecule has 0 fully saturated rings. The standard InChI is InChI=1S/C15H21FN2O3/c1-4-9(2)13(14(19)20)18-15(21)17-10(3)11-7-5-6-8-12(11)16/h5-10,13H,4H2,1-3H3,(H,19,20)(H2,17,18,21)/t9-,10?,13-/m0/s1. The molecule has 0 saturated carbocycles. The first-order valence-corrected chi connectivity index (χ1v) is 6.91. The number of rotatable bonds is 6. The van der Waals surface area contributed by atoms with Gasteiger partial charge in [-0.1, -0.05) is 38.5 Å². The maximum atomic E-state index is 13.6. The van der Waals surface area contributed by atoms with Gasteiger partial charge >= 0.3 is 12.0 Å². The lowest BCUT2D eigenvalue weighted by Crippen LogP contribution is -2.49. The van der Waals surface area contributed by atoms with E-state index in [-0.39, 0.29) is 5.92 Å². The summed E-state index contributed by atoms with van der Waals surface area (Å²) in [5.41, 5.74) is 0.350. The van der Waals surface area contributed by atoms with E-state index in [2.05, 4.69) is 10.6 Å². The van der Waals surface area contributed by atoms with Crippen molar-refractivity contribution >= 4 is 12.0 Å². The van der Waals surface area contributed by atoms with Crippen LogP contribution >= 0.6 is 0 Å². The Kier molecular flexibility index (Phi) is 6.14. The molecule has 21 heavy (non-hydrogen) atoms. The van der Waals surface area contributed by atoms with Crippen LogP contribution in [0.15, 0.2) is 24.3 Å². The van der Waals surface area contributed by atoms with Crippen LogP contribution < -0.4 is 10.6 Å². The van der Waals surface area contributed by atoms with Gasteiger partial charge in [0.05, 0.1) is 6.04 Å². The first-order valence-electron chi connectivity index (χ1n) is 6.91. The molecule has 0 aliphatic carbocycles. The first kappa shape index (κ1) is 16.9. The monoisotopic (exact) mass is 296 g/mol. The molecule has 0 aliphatic rings. The second kappa shape index (κ2) is 7.61. The predicted molar refractivity (Wildman–Crippen MR) is 77.4 cm³/mol. The third-order valence-electron chi connectivity index (χ3n) is 3.48. The zero-order valence-corrected chi connectivity index (χ0v) is 12.4. The van der Waals surface area contributed by atoms with Gasteiger partial charge in [-0.3, -0.25) is 0 Å². The maximum Gasteiger partial charge on any atom is 0.326 e. The molecule has 2 amide bonds. The lowest BCUT2D eigenvalue weighted by molar-refractivity contribution is -0.140. The van der Waals surface area contributed by atoms with Crippen molar-refractivity contribution in [2.45, 2.75) is 39.3 Å². The normalized spacial score (nSPS) is 14.9. The van der Waals surface area contributed by atoms with Crippen molar-refractivity contribution in [1.29, 1.82) is 0 Å². The summed E-state index contributed by atoms with van der Waals surface area (Å²) in [6.07, 6.45) is 0.625. The number of nitrogens with one attached hydrogen (secondary N) is 2. The summed E-state index contributed by atoms with van der Waals surface area (Å²) in [5.74, 6) is -1.70. The van der Waals surface area contributed by atoms with Crippen LogP contribution in [0.1, 0.15) is 38.8 Å². The lowest BCUT2D eigenvalue weighted by atomic mass is 9.99. The van der Waals surface area contributed by atoms with Crippen molar-refractivity contribution < 1.29 is 19.1 Å². The highest BCUT2D eigenvalue weighted by Gasteiger charge is 2.26. The molecule has 1 rings (SSSR count). The summed E-state index contributed by atoms with van der Waals surface area (Å²) in [5, 5.41) is 14.1. The molecule has 3 N–H and O–H groups in total. The smallest absolute Gasteiger partial charge is 0.326 e. The van der Waals surface area contributed by atoms with Crippen molar-refractivity contribution in [1.82, 2.24) is 10.6 Å².